The third-order valence-corrected chi connectivity index (χ3v) is 2.82. The highest BCUT2D eigenvalue weighted by Gasteiger charge is 2.10. The predicted octanol–water partition coefficient (Wildman–Crippen LogP) is 2.01. The SMILES string of the molecule is CCCCN(C)c1nc(NC)cn2ccnc12. The molecular weight excluding hydrogens is 214 g/mol. The average Bonchev–Trinajstić information content (AvgIpc) is 2.82. The first-order chi connectivity index (χ1) is 8.26. The van der Waals surface area contributed by atoms with E-state index in [0.29, 0.717) is 0 Å². The Kier molecular flexibility index (Phi) is 3.46. The summed E-state index contributed by atoms with van der Waals surface area (Å²) in [5.41, 5.74) is 0.905. The second kappa shape index (κ2) is 5.03. The molecular formula is C12H19N5. The first kappa shape index (κ1) is 11.7. The summed E-state index contributed by atoms with van der Waals surface area (Å²) in [6, 6.07) is 0. The van der Waals surface area contributed by atoms with Gasteiger partial charge in [-0.05, 0) is 6.42 Å². The maximum absolute atomic E-state index is 4.58. The Morgan fingerprint density at radius 3 is 3.00 bits per heavy atom. The molecule has 2 rings (SSSR count). The monoisotopic (exact) mass is 233 g/mol. The lowest BCUT2D eigenvalue weighted by Crippen LogP contribution is -2.21. The number of anilines is 2. The summed E-state index contributed by atoms with van der Waals surface area (Å²) in [4.78, 5) is 11.1. The van der Waals surface area contributed by atoms with Crippen LogP contribution in [-0.4, -0.2) is 35.0 Å². The van der Waals surface area contributed by atoms with Crippen LogP contribution >= 0.6 is 0 Å². The third kappa shape index (κ3) is 2.33. The van der Waals surface area contributed by atoms with Crippen molar-refractivity contribution in [3.05, 3.63) is 18.6 Å². The summed E-state index contributed by atoms with van der Waals surface area (Å²) >= 11 is 0. The molecule has 0 saturated heterocycles. The van der Waals surface area contributed by atoms with E-state index in [2.05, 4.69) is 34.2 Å². The van der Waals surface area contributed by atoms with Crippen LogP contribution < -0.4 is 10.2 Å². The van der Waals surface area contributed by atoms with Gasteiger partial charge in [0.15, 0.2) is 11.5 Å². The summed E-state index contributed by atoms with van der Waals surface area (Å²) in [5, 5.41) is 3.07. The molecule has 2 aromatic rings. The van der Waals surface area contributed by atoms with Crippen LogP contribution in [0.1, 0.15) is 19.8 Å². The maximum Gasteiger partial charge on any atom is 0.180 e. The van der Waals surface area contributed by atoms with E-state index in [-0.39, 0.29) is 0 Å². The number of rotatable bonds is 5. The van der Waals surface area contributed by atoms with Gasteiger partial charge in [0.05, 0.1) is 6.20 Å². The predicted molar refractivity (Wildman–Crippen MR) is 70.7 cm³/mol. The van der Waals surface area contributed by atoms with Gasteiger partial charge in [0, 0.05) is 33.0 Å². The molecule has 2 aromatic heterocycles. The van der Waals surface area contributed by atoms with Crippen molar-refractivity contribution >= 4 is 17.3 Å². The van der Waals surface area contributed by atoms with Crippen LogP contribution in [-0.2, 0) is 0 Å². The van der Waals surface area contributed by atoms with E-state index >= 15 is 0 Å². The zero-order valence-corrected chi connectivity index (χ0v) is 10.6. The first-order valence-corrected chi connectivity index (χ1v) is 5.99. The minimum absolute atomic E-state index is 0.855. The molecule has 17 heavy (non-hydrogen) atoms. The number of nitrogens with one attached hydrogen (secondary N) is 1. The molecule has 92 valence electrons. The standard InChI is InChI=1S/C12H19N5/c1-4-5-7-16(3)12-11-14-6-8-17(11)9-10(13-2)15-12/h6,8-9,13H,4-5,7H2,1-3H3. The summed E-state index contributed by atoms with van der Waals surface area (Å²) in [6.45, 7) is 3.19. The highest BCUT2D eigenvalue weighted by atomic mass is 15.2. The van der Waals surface area contributed by atoms with Crippen LogP contribution in [0.4, 0.5) is 11.6 Å². The van der Waals surface area contributed by atoms with Crippen molar-refractivity contribution in [1.29, 1.82) is 0 Å². The Hall–Kier alpha value is -1.78. The summed E-state index contributed by atoms with van der Waals surface area (Å²) in [6.07, 6.45) is 8.03. The zero-order chi connectivity index (χ0) is 12.3. The van der Waals surface area contributed by atoms with Crippen LogP contribution in [0.25, 0.3) is 5.65 Å². The molecule has 0 saturated carbocycles. The van der Waals surface area contributed by atoms with Gasteiger partial charge in [0.2, 0.25) is 0 Å². The Bertz CT molecular complexity index is 491. The van der Waals surface area contributed by atoms with Crippen molar-refractivity contribution in [3.63, 3.8) is 0 Å². The minimum atomic E-state index is 0.855. The van der Waals surface area contributed by atoms with Gasteiger partial charge in [-0.3, -0.25) is 0 Å². The number of hydrogen-bond acceptors (Lipinski definition) is 4. The molecule has 5 heteroatoms. The fraction of sp³-hybridized carbons (Fsp3) is 0.500. The minimum Gasteiger partial charge on any atom is -0.372 e. The summed E-state index contributed by atoms with van der Waals surface area (Å²) in [5.74, 6) is 1.78. The quantitative estimate of drug-likeness (QED) is 0.858. The van der Waals surface area contributed by atoms with Crippen LogP contribution in [0.2, 0.25) is 0 Å². The Morgan fingerprint density at radius 1 is 1.47 bits per heavy atom. The topological polar surface area (TPSA) is 45.5 Å². The Labute approximate surface area is 101 Å². The molecule has 0 aliphatic heterocycles. The molecule has 0 bridgehead atoms. The van der Waals surface area contributed by atoms with Gasteiger partial charge in [-0.2, -0.15) is 0 Å². The number of imidazole rings is 1. The number of aromatic nitrogens is 3. The lowest BCUT2D eigenvalue weighted by atomic mass is 10.3. The highest BCUT2D eigenvalue weighted by molar-refractivity contribution is 5.66. The van der Waals surface area contributed by atoms with E-state index in [1.807, 2.05) is 23.8 Å². The molecule has 0 unspecified atom stereocenters. The molecule has 0 spiro atoms. The molecule has 0 radical (unpaired) electrons. The number of nitrogens with zero attached hydrogens (tertiary/aromatic N) is 4. The fourth-order valence-corrected chi connectivity index (χ4v) is 1.79. The fourth-order valence-electron chi connectivity index (χ4n) is 1.79. The first-order valence-electron chi connectivity index (χ1n) is 5.99. The second-order valence-corrected chi connectivity index (χ2v) is 4.13. The molecule has 0 amide bonds. The van der Waals surface area contributed by atoms with E-state index in [9.17, 15) is 0 Å². The molecule has 0 atom stereocenters. The molecule has 1 N–H and O–H groups in total. The van der Waals surface area contributed by atoms with Crippen molar-refractivity contribution < 1.29 is 0 Å². The largest absolute Gasteiger partial charge is 0.372 e. The summed E-state index contributed by atoms with van der Waals surface area (Å²) in [7, 11) is 3.94. The smallest absolute Gasteiger partial charge is 0.180 e. The van der Waals surface area contributed by atoms with E-state index in [1.54, 1.807) is 6.20 Å². The lowest BCUT2D eigenvalue weighted by Gasteiger charge is -2.19. The van der Waals surface area contributed by atoms with Gasteiger partial charge in [-0.15, -0.1) is 0 Å². The van der Waals surface area contributed by atoms with Gasteiger partial charge < -0.3 is 14.6 Å². The molecule has 0 aromatic carbocycles. The van der Waals surface area contributed by atoms with Gasteiger partial charge >= 0.3 is 0 Å². The van der Waals surface area contributed by atoms with Crippen molar-refractivity contribution in [2.24, 2.45) is 0 Å². The van der Waals surface area contributed by atoms with Gasteiger partial charge in [-0.1, -0.05) is 13.3 Å². The zero-order valence-electron chi connectivity index (χ0n) is 10.6. The van der Waals surface area contributed by atoms with Crippen molar-refractivity contribution in [2.75, 3.05) is 30.9 Å². The van der Waals surface area contributed by atoms with Crippen molar-refractivity contribution in [3.8, 4) is 0 Å². The van der Waals surface area contributed by atoms with E-state index in [4.69, 9.17) is 0 Å². The number of hydrogen-bond donors (Lipinski definition) is 1. The molecule has 5 nitrogen and oxygen atoms in total. The molecule has 2 heterocycles. The van der Waals surface area contributed by atoms with Crippen LogP contribution in [0.15, 0.2) is 18.6 Å². The molecule has 0 fully saturated rings. The van der Waals surface area contributed by atoms with Crippen LogP contribution in [0.5, 0.6) is 0 Å². The second-order valence-electron chi connectivity index (χ2n) is 4.13. The maximum atomic E-state index is 4.58. The molecule has 0 aliphatic rings. The Balaban J connectivity index is 2.39. The van der Waals surface area contributed by atoms with E-state index < -0.39 is 0 Å². The van der Waals surface area contributed by atoms with E-state index in [0.717, 1.165) is 30.2 Å². The number of fused-ring (bicyclic) bond motifs is 1. The van der Waals surface area contributed by atoms with E-state index in [1.165, 1.54) is 6.42 Å². The van der Waals surface area contributed by atoms with Gasteiger partial charge in [0.1, 0.15) is 5.82 Å². The average molecular weight is 233 g/mol. The lowest BCUT2D eigenvalue weighted by molar-refractivity contribution is 0.759. The highest BCUT2D eigenvalue weighted by Crippen LogP contribution is 2.19. The molecule has 0 aliphatic carbocycles. The van der Waals surface area contributed by atoms with Gasteiger partial charge in [-0.25, -0.2) is 9.97 Å². The Morgan fingerprint density at radius 2 is 2.29 bits per heavy atom. The normalized spacial score (nSPS) is 10.8. The third-order valence-electron chi connectivity index (χ3n) is 2.82. The van der Waals surface area contributed by atoms with Crippen LogP contribution in [0, 0.1) is 0 Å². The van der Waals surface area contributed by atoms with Crippen LogP contribution in [0.3, 0.4) is 0 Å². The van der Waals surface area contributed by atoms with Crippen molar-refractivity contribution in [1.82, 2.24) is 14.4 Å². The van der Waals surface area contributed by atoms with Gasteiger partial charge in [0.25, 0.3) is 0 Å². The van der Waals surface area contributed by atoms with Crippen molar-refractivity contribution in [2.45, 2.75) is 19.8 Å². The summed E-state index contributed by atoms with van der Waals surface area (Å²) < 4.78 is 2.00. The number of unbranched alkanes of at least 4 members (excludes halogenated alkanes) is 1.